The SMILES string of the molecule is CC(C)=CC1C=C(C)C(C)C(c2ccccc2)C1C(=O)c1ccccc1. The second-order valence-electron chi connectivity index (χ2n) is 7.71. The van der Waals surface area contributed by atoms with Crippen molar-refractivity contribution in [3.05, 3.63) is 95.1 Å². The number of benzene rings is 2. The molecule has 4 unspecified atom stereocenters. The largest absolute Gasteiger partial charge is 0.294 e. The van der Waals surface area contributed by atoms with Crippen molar-refractivity contribution in [1.82, 2.24) is 0 Å². The first-order valence-corrected chi connectivity index (χ1v) is 9.46. The molecule has 0 aromatic heterocycles. The number of carbonyl (C=O) groups excluding carboxylic acids is 1. The molecular weight excluding hydrogens is 316 g/mol. The van der Waals surface area contributed by atoms with Crippen LogP contribution in [0.15, 0.2) is 84.0 Å². The average Bonchev–Trinajstić information content (AvgIpc) is 2.64. The normalized spacial score (nSPS) is 25.3. The Morgan fingerprint density at radius 1 is 0.923 bits per heavy atom. The molecule has 0 saturated carbocycles. The summed E-state index contributed by atoms with van der Waals surface area (Å²) in [6, 6.07) is 20.3. The highest BCUT2D eigenvalue weighted by Gasteiger charge is 2.41. The second-order valence-corrected chi connectivity index (χ2v) is 7.71. The molecule has 1 aliphatic rings. The van der Waals surface area contributed by atoms with E-state index in [-0.39, 0.29) is 23.5 Å². The van der Waals surface area contributed by atoms with Crippen molar-refractivity contribution >= 4 is 5.78 Å². The monoisotopic (exact) mass is 344 g/mol. The standard InChI is InChI=1S/C25H28O/c1-17(2)15-22-16-18(3)19(4)23(20-11-7-5-8-12-20)24(22)25(26)21-13-9-6-10-14-21/h5-16,19,22-24H,1-4H3. The third kappa shape index (κ3) is 3.72. The lowest BCUT2D eigenvalue weighted by molar-refractivity contribution is 0.0853. The first kappa shape index (κ1) is 18.4. The van der Waals surface area contributed by atoms with Crippen LogP contribution < -0.4 is 0 Å². The van der Waals surface area contributed by atoms with Gasteiger partial charge in [0.15, 0.2) is 5.78 Å². The average molecular weight is 344 g/mol. The highest BCUT2D eigenvalue weighted by Crippen LogP contribution is 2.46. The van der Waals surface area contributed by atoms with Gasteiger partial charge in [0, 0.05) is 23.3 Å². The summed E-state index contributed by atoms with van der Waals surface area (Å²) in [6.45, 7) is 8.69. The van der Waals surface area contributed by atoms with E-state index in [1.54, 1.807) is 0 Å². The minimum atomic E-state index is -0.0756. The van der Waals surface area contributed by atoms with Gasteiger partial charge in [0.25, 0.3) is 0 Å². The molecule has 0 saturated heterocycles. The van der Waals surface area contributed by atoms with Crippen LogP contribution in [-0.4, -0.2) is 5.78 Å². The van der Waals surface area contributed by atoms with Gasteiger partial charge >= 0.3 is 0 Å². The second kappa shape index (κ2) is 7.86. The summed E-state index contributed by atoms with van der Waals surface area (Å²) < 4.78 is 0. The van der Waals surface area contributed by atoms with Crippen molar-refractivity contribution in [2.24, 2.45) is 17.8 Å². The summed E-state index contributed by atoms with van der Waals surface area (Å²) in [7, 11) is 0. The van der Waals surface area contributed by atoms with Gasteiger partial charge < -0.3 is 0 Å². The molecule has 0 amide bonds. The lowest BCUT2D eigenvalue weighted by Gasteiger charge is -2.40. The Kier molecular flexibility index (Phi) is 5.56. The van der Waals surface area contributed by atoms with Crippen LogP contribution in [0, 0.1) is 17.8 Å². The summed E-state index contributed by atoms with van der Waals surface area (Å²) in [6.07, 6.45) is 4.57. The minimum absolute atomic E-state index is 0.0756. The number of rotatable bonds is 4. The van der Waals surface area contributed by atoms with Crippen molar-refractivity contribution in [2.75, 3.05) is 0 Å². The van der Waals surface area contributed by atoms with E-state index in [9.17, 15) is 4.79 Å². The molecule has 2 aromatic carbocycles. The number of hydrogen-bond acceptors (Lipinski definition) is 1. The van der Waals surface area contributed by atoms with E-state index >= 15 is 0 Å². The molecule has 134 valence electrons. The van der Waals surface area contributed by atoms with E-state index in [1.807, 2.05) is 36.4 Å². The molecule has 0 spiro atoms. The fourth-order valence-corrected chi connectivity index (χ4v) is 4.23. The summed E-state index contributed by atoms with van der Waals surface area (Å²) >= 11 is 0. The van der Waals surface area contributed by atoms with Crippen molar-refractivity contribution in [1.29, 1.82) is 0 Å². The van der Waals surface area contributed by atoms with Crippen molar-refractivity contribution in [3.8, 4) is 0 Å². The molecule has 0 fully saturated rings. The lowest BCUT2D eigenvalue weighted by atomic mass is 9.63. The molecule has 26 heavy (non-hydrogen) atoms. The fourth-order valence-electron chi connectivity index (χ4n) is 4.23. The Bertz CT molecular complexity index is 810. The molecule has 1 heteroatoms. The molecule has 2 aromatic rings. The number of Topliss-reactive ketones (excluding diaryl/α,β-unsaturated/α-hetero) is 1. The zero-order chi connectivity index (χ0) is 18.7. The Balaban J connectivity index is 2.14. The highest BCUT2D eigenvalue weighted by molar-refractivity contribution is 5.99. The Labute approximate surface area is 157 Å². The van der Waals surface area contributed by atoms with Gasteiger partial charge in [-0.3, -0.25) is 4.79 Å². The van der Waals surface area contributed by atoms with Crippen molar-refractivity contribution in [2.45, 2.75) is 33.6 Å². The predicted octanol–water partition coefficient (Wildman–Crippen LogP) is 6.45. The van der Waals surface area contributed by atoms with E-state index in [0.29, 0.717) is 5.92 Å². The van der Waals surface area contributed by atoms with Gasteiger partial charge in [-0.15, -0.1) is 0 Å². The van der Waals surface area contributed by atoms with Crippen LogP contribution in [0.3, 0.4) is 0 Å². The number of carbonyl (C=O) groups is 1. The maximum Gasteiger partial charge on any atom is 0.167 e. The molecule has 3 rings (SSSR count). The Morgan fingerprint density at radius 2 is 1.50 bits per heavy atom. The molecular formula is C25H28O. The first-order chi connectivity index (χ1) is 12.5. The van der Waals surface area contributed by atoms with Crippen LogP contribution in [0.5, 0.6) is 0 Å². The maximum absolute atomic E-state index is 13.6. The molecule has 1 aliphatic carbocycles. The number of hydrogen-bond donors (Lipinski definition) is 0. The number of allylic oxidation sites excluding steroid dienone is 4. The molecule has 1 nitrogen and oxygen atoms in total. The molecule has 0 radical (unpaired) electrons. The van der Waals surface area contributed by atoms with Crippen LogP contribution in [0.1, 0.15) is 49.5 Å². The lowest BCUT2D eigenvalue weighted by Crippen LogP contribution is -2.36. The van der Waals surface area contributed by atoms with Gasteiger partial charge in [0.05, 0.1) is 0 Å². The van der Waals surface area contributed by atoms with E-state index < -0.39 is 0 Å². The Hall–Kier alpha value is -2.41. The van der Waals surface area contributed by atoms with Crippen molar-refractivity contribution < 1.29 is 4.79 Å². The highest BCUT2D eigenvalue weighted by atomic mass is 16.1. The van der Waals surface area contributed by atoms with Gasteiger partial charge in [0.1, 0.15) is 0 Å². The smallest absolute Gasteiger partial charge is 0.167 e. The summed E-state index contributed by atoms with van der Waals surface area (Å²) in [5, 5.41) is 0. The Morgan fingerprint density at radius 3 is 2.08 bits per heavy atom. The topological polar surface area (TPSA) is 17.1 Å². The summed E-state index contributed by atoms with van der Waals surface area (Å²) in [5.41, 5.74) is 4.70. The quantitative estimate of drug-likeness (QED) is 0.460. The van der Waals surface area contributed by atoms with Gasteiger partial charge in [-0.05, 0) is 32.3 Å². The maximum atomic E-state index is 13.6. The molecule has 4 atom stereocenters. The summed E-state index contributed by atoms with van der Waals surface area (Å²) in [4.78, 5) is 13.6. The summed E-state index contributed by atoms with van der Waals surface area (Å²) in [5.74, 6) is 0.839. The molecule has 0 aliphatic heterocycles. The van der Waals surface area contributed by atoms with Gasteiger partial charge in [-0.25, -0.2) is 0 Å². The van der Waals surface area contributed by atoms with Crippen LogP contribution in [-0.2, 0) is 0 Å². The number of ketones is 1. The zero-order valence-corrected chi connectivity index (χ0v) is 16.1. The third-order valence-corrected chi connectivity index (χ3v) is 5.59. The molecule has 0 bridgehead atoms. The minimum Gasteiger partial charge on any atom is -0.294 e. The molecule has 0 heterocycles. The van der Waals surface area contributed by atoms with Crippen LogP contribution in [0.25, 0.3) is 0 Å². The van der Waals surface area contributed by atoms with Gasteiger partial charge in [-0.1, -0.05) is 90.9 Å². The fraction of sp³-hybridized carbons (Fsp3) is 0.320. The predicted molar refractivity (Wildman–Crippen MR) is 109 cm³/mol. The van der Waals surface area contributed by atoms with Crippen molar-refractivity contribution in [3.63, 3.8) is 0 Å². The first-order valence-electron chi connectivity index (χ1n) is 9.46. The van der Waals surface area contributed by atoms with E-state index in [2.05, 4.69) is 64.1 Å². The van der Waals surface area contributed by atoms with E-state index in [4.69, 9.17) is 0 Å². The molecule has 0 N–H and O–H groups in total. The zero-order valence-electron chi connectivity index (χ0n) is 16.1. The third-order valence-electron chi connectivity index (χ3n) is 5.59. The van der Waals surface area contributed by atoms with E-state index in [1.165, 1.54) is 16.7 Å². The van der Waals surface area contributed by atoms with Crippen LogP contribution in [0.4, 0.5) is 0 Å². The van der Waals surface area contributed by atoms with Crippen LogP contribution >= 0.6 is 0 Å². The van der Waals surface area contributed by atoms with E-state index in [0.717, 1.165) is 5.56 Å². The van der Waals surface area contributed by atoms with Crippen LogP contribution in [0.2, 0.25) is 0 Å². The van der Waals surface area contributed by atoms with Gasteiger partial charge in [-0.2, -0.15) is 0 Å². The van der Waals surface area contributed by atoms with Gasteiger partial charge in [0.2, 0.25) is 0 Å².